The molecule has 1 saturated heterocycles. The topological polar surface area (TPSA) is 58.8 Å². The van der Waals surface area contributed by atoms with Crippen LogP contribution in [0, 0.1) is 5.92 Å². The van der Waals surface area contributed by atoms with Gasteiger partial charge in [0.2, 0.25) is 0 Å². The van der Waals surface area contributed by atoms with Crippen molar-refractivity contribution in [3.05, 3.63) is 0 Å². The maximum Gasteiger partial charge on any atom is 0.325 e. The number of esters is 1. The number of hydrogen-bond acceptors (Lipinski definition) is 5. The molecule has 5 heteroatoms. The molecule has 0 aromatic heterocycles. The maximum atomic E-state index is 11.7. The molecule has 1 aliphatic heterocycles. The normalized spacial score (nSPS) is 26.0. The van der Waals surface area contributed by atoms with Crippen LogP contribution in [0.1, 0.15) is 33.1 Å². The number of carbonyl (C=O) groups excluding carboxylic acids is 1. The van der Waals surface area contributed by atoms with Gasteiger partial charge in [0.15, 0.2) is 0 Å². The minimum atomic E-state index is -0.890. The summed E-state index contributed by atoms with van der Waals surface area (Å²) in [6, 6.07) is 0.312. The standard InChI is InChI=1S/C15H29N3O2/c1-12(10-15(2,16)14(19)20-3)18-8-6-17(7-9-18)11-13-4-5-13/h12-13H,4-11,16H2,1-3H3. The van der Waals surface area contributed by atoms with E-state index in [1.807, 2.05) is 0 Å². The van der Waals surface area contributed by atoms with Crippen LogP contribution in [0.2, 0.25) is 0 Å². The number of piperazine rings is 1. The Morgan fingerprint density at radius 2 is 1.95 bits per heavy atom. The second-order valence-electron chi connectivity index (χ2n) is 6.74. The third-order valence-electron chi connectivity index (χ3n) is 4.61. The van der Waals surface area contributed by atoms with E-state index < -0.39 is 5.54 Å². The summed E-state index contributed by atoms with van der Waals surface area (Å²) in [7, 11) is 1.40. The molecule has 0 amide bonds. The molecule has 0 radical (unpaired) electrons. The van der Waals surface area contributed by atoms with Gasteiger partial charge in [0, 0.05) is 38.8 Å². The van der Waals surface area contributed by atoms with E-state index in [0.29, 0.717) is 12.5 Å². The Morgan fingerprint density at radius 3 is 2.45 bits per heavy atom. The van der Waals surface area contributed by atoms with Crippen LogP contribution in [0.15, 0.2) is 0 Å². The maximum absolute atomic E-state index is 11.7. The van der Waals surface area contributed by atoms with Gasteiger partial charge in [0.05, 0.1) is 7.11 Å². The molecule has 2 fully saturated rings. The van der Waals surface area contributed by atoms with Gasteiger partial charge in [-0.1, -0.05) is 0 Å². The molecule has 0 aromatic carbocycles. The Labute approximate surface area is 122 Å². The summed E-state index contributed by atoms with van der Waals surface area (Å²) in [5, 5.41) is 0. The van der Waals surface area contributed by atoms with Crippen LogP contribution < -0.4 is 5.73 Å². The number of hydrogen-bond donors (Lipinski definition) is 1. The van der Waals surface area contributed by atoms with Crippen molar-refractivity contribution in [1.82, 2.24) is 9.80 Å². The van der Waals surface area contributed by atoms with Crippen LogP contribution in [-0.4, -0.2) is 67.2 Å². The highest BCUT2D eigenvalue weighted by Crippen LogP contribution is 2.30. The highest BCUT2D eigenvalue weighted by atomic mass is 16.5. The van der Waals surface area contributed by atoms with Gasteiger partial charge in [-0.3, -0.25) is 9.69 Å². The van der Waals surface area contributed by atoms with Crippen LogP contribution in [-0.2, 0) is 9.53 Å². The first-order valence-corrected chi connectivity index (χ1v) is 7.76. The first kappa shape index (κ1) is 15.7. The lowest BCUT2D eigenvalue weighted by molar-refractivity contribution is -0.147. The zero-order valence-corrected chi connectivity index (χ0v) is 13.1. The minimum absolute atomic E-state index is 0.312. The van der Waals surface area contributed by atoms with Gasteiger partial charge in [-0.15, -0.1) is 0 Å². The number of nitrogens with zero attached hydrogens (tertiary/aromatic N) is 2. The van der Waals surface area contributed by atoms with Gasteiger partial charge < -0.3 is 15.4 Å². The van der Waals surface area contributed by atoms with Crippen LogP contribution in [0.4, 0.5) is 0 Å². The Kier molecular flexibility index (Phi) is 5.04. The van der Waals surface area contributed by atoms with Crippen molar-refractivity contribution in [2.24, 2.45) is 11.7 Å². The lowest BCUT2D eigenvalue weighted by Crippen LogP contribution is -2.54. The Bertz CT molecular complexity index is 334. The van der Waals surface area contributed by atoms with E-state index in [0.717, 1.165) is 32.1 Å². The van der Waals surface area contributed by atoms with Crippen LogP contribution in [0.5, 0.6) is 0 Å². The molecule has 116 valence electrons. The highest BCUT2D eigenvalue weighted by molar-refractivity contribution is 5.79. The Balaban J connectivity index is 1.75. The van der Waals surface area contributed by atoms with Crippen molar-refractivity contribution in [2.45, 2.75) is 44.7 Å². The zero-order chi connectivity index (χ0) is 14.8. The van der Waals surface area contributed by atoms with Crippen molar-refractivity contribution in [1.29, 1.82) is 0 Å². The van der Waals surface area contributed by atoms with E-state index in [-0.39, 0.29) is 5.97 Å². The SMILES string of the molecule is COC(=O)C(C)(N)CC(C)N1CCN(CC2CC2)CC1. The summed E-state index contributed by atoms with van der Waals surface area (Å²) in [6.07, 6.45) is 3.48. The average molecular weight is 283 g/mol. The average Bonchev–Trinajstić information content (AvgIpc) is 3.22. The smallest absolute Gasteiger partial charge is 0.325 e. The van der Waals surface area contributed by atoms with Crippen LogP contribution in [0.25, 0.3) is 0 Å². The third-order valence-corrected chi connectivity index (χ3v) is 4.61. The van der Waals surface area contributed by atoms with E-state index in [4.69, 9.17) is 10.5 Å². The van der Waals surface area contributed by atoms with Gasteiger partial charge in [0.25, 0.3) is 0 Å². The summed E-state index contributed by atoms with van der Waals surface area (Å²) in [4.78, 5) is 16.7. The van der Waals surface area contributed by atoms with E-state index >= 15 is 0 Å². The summed E-state index contributed by atoms with van der Waals surface area (Å²) in [5.74, 6) is 0.641. The predicted octanol–water partition coefficient (Wildman–Crippen LogP) is 0.683. The fraction of sp³-hybridized carbons (Fsp3) is 0.933. The van der Waals surface area contributed by atoms with E-state index in [1.165, 1.54) is 26.5 Å². The first-order valence-electron chi connectivity index (χ1n) is 7.76. The molecule has 2 N–H and O–H groups in total. The van der Waals surface area contributed by atoms with Gasteiger partial charge >= 0.3 is 5.97 Å². The largest absolute Gasteiger partial charge is 0.468 e. The summed E-state index contributed by atoms with van der Waals surface area (Å²) < 4.78 is 4.78. The number of ether oxygens (including phenoxy) is 1. The lowest BCUT2D eigenvalue weighted by atomic mass is 9.94. The third kappa shape index (κ3) is 4.17. The molecule has 1 saturated carbocycles. The molecular formula is C15H29N3O2. The fourth-order valence-corrected chi connectivity index (χ4v) is 3.11. The molecule has 2 aliphatic rings. The minimum Gasteiger partial charge on any atom is -0.468 e. The molecule has 2 atom stereocenters. The monoisotopic (exact) mass is 283 g/mol. The molecule has 2 rings (SSSR count). The Morgan fingerprint density at radius 1 is 1.35 bits per heavy atom. The van der Waals surface area contributed by atoms with Crippen molar-refractivity contribution in [3.8, 4) is 0 Å². The van der Waals surface area contributed by atoms with Crippen molar-refractivity contribution >= 4 is 5.97 Å². The number of rotatable bonds is 6. The highest BCUT2D eigenvalue weighted by Gasteiger charge is 2.34. The molecule has 0 bridgehead atoms. The molecule has 20 heavy (non-hydrogen) atoms. The quantitative estimate of drug-likeness (QED) is 0.727. The Hall–Kier alpha value is -0.650. The lowest BCUT2D eigenvalue weighted by Gasteiger charge is -2.40. The number of carbonyl (C=O) groups is 1. The molecule has 0 aromatic rings. The van der Waals surface area contributed by atoms with E-state index in [1.54, 1.807) is 6.92 Å². The van der Waals surface area contributed by atoms with Crippen molar-refractivity contribution < 1.29 is 9.53 Å². The zero-order valence-electron chi connectivity index (χ0n) is 13.1. The van der Waals surface area contributed by atoms with Gasteiger partial charge in [-0.2, -0.15) is 0 Å². The van der Waals surface area contributed by atoms with E-state index in [2.05, 4.69) is 16.7 Å². The molecule has 2 unspecified atom stereocenters. The summed E-state index contributed by atoms with van der Waals surface area (Å²) in [6.45, 7) is 9.62. The van der Waals surface area contributed by atoms with Crippen molar-refractivity contribution in [2.75, 3.05) is 39.8 Å². The fourth-order valence-electron chi connectivity index (χ4n) is 3.11. The molecule has 1 aliphatic carbocycles. The van der Waals surface area contributed by atoms with Gasteiger partial charge in [-0.05, 0) is 39.0 Å². The first-order chi connectivity index (χ1) is 9.42. The van der Waals surface area contributed by atoms with Gasteiger partial charge in [0.1, 0.15) is 5.54 Å². The van der Waals surface area contributed by atoms with Crippen LogP contribution >= 0.6 is 0 Å². The molecule has 0 spiro atoms. The summed E-state index contributed by atoms with van der Waals surface area (Å²) in [5.41, 5.74) is 5.18. The number of methoxy groups -OCH3 is 1. The molecule has 5 nitrogen and oxygen atoms in total. The van der Waals surface area contributed by atoms with Gasteiger partial charge in [-0.25, -0.2) is 0 Å². The second-order valence-corrected chi connectivity index (χ2v) is 6.74. The predicted molar refractivity (Wildman–Crippen MR) is 79.4 cm³/mol. The van der Waals surface area contributed by atoms with E-state index in [9.17, 15) is 4.79 Å². The molecular weight excluding hydrogens is 254 g/mol. The van der Waals surface area contributed by atoms with Crippen molar-refractivity contribution in [3.63, 3.8) is 0 Å². The second kappa shape index (κ2) is 6.41. The van der Waals surface area contributed by atoms with Crippen LogP contribution in [0.3, 0.4) is 0 Å². The number of nitrogens with two attached hydrogens (primary N) is 1. The summed E-state index contributed by atoms with van der Waals surface area (Å²) >= 11 is 0. The molecule has 1 heterocycles.